The van der Waals surface area contributed by atoms with Gasteiger partial charge < -0.3 is 4.74 Å². The Bertz CT molecular complexity index is 605. The molecule has 2 aromatic rings. The molecule has 0 aliphatic carbocycles. The van der Waals surface area contributed by atoms with E-state index in [4.69, 9.17) is 11.6 Å². The van der Waals surface area contributed by atoms with Crippen LogP contribution in [0.5, 0.6) is 0 Å². The number of Topliss-reactive ketones (excluding diaryl/α,β-unsaturated/α-hetero) is 1. The lowest BCUT2D eigenvalue weighted by atomic mass is 10.0. The Morgan fingerprint density at radius 3 is 2.05 bits per heavy atom. The third-order valence-corrected chi connectivity index (χ3v) is 3.38. The molecule has 0 fully saturated rings. The standard InChI is InChI=1S/C16H13ClO3/c1-20-16(19)15(18)14(17)13-9-7-12(8-10-13)11-5-3-2-4-6-11/h2-10,14H,1H3. The average Bonchev–Trinajstić information content (AvgIpc) is 2.53. The Kier molecular flexibility index (Phi) is 4.53. The number of methoxy groups -OCH3 is 1. The molecular formula is C16H13ClO3. The van der Waals surface area contributed by atoms with Gasteiger partial charge in [-0.1, -0.05) is 54.6 Å². The first-order valence-electron chi connectivity index (χ1n) is 6.05. The zero-order valence-corrected chi connectivity index (χ0v) is 11.6. The molecule has 0 radical (unpaired) electrons. The van der Waals surface area contributed by atoms with Crippen molar-refractivity contribution in [2.45, 2.75) is 5.38 Å². The van der Waals surface area contributed by atoms with Gasteiger partial charge in [0, 0.05) is 0 Å². The highest BCUT2D eigenvalue weighted by Gasteiger charge is 2.25. The van der Waals surface area contributed by atoms with Crippen LogP contribution in [0.15, 0.2) is 54.6 Å². The van der Waals surface area contributed by atoms with Gasteiger partial charge in [-0.05, 0) is 16.7 Å². The molecule has 0 amide bonds. The van der Waals surface area contributed by atoms with Gasteiger partial charge in [0.15, 0.2) is 0 Å². The molecule has 0 aliphatic heterocycles. The zero-order chi connectivity index (χ0) is 14.5. The van der Waals surface area contributed by atoms with E-state index in [1.165, 1.54) is 0 Å². The molecule has 3 nitrogen and oxygen atoms in total. The fourth-order valence-corrected chi connectivity index (χ4v) is 2.07. The number of ketones is 1. The van der Waals surface area contributed by atoms with Crippen molar-refractivity contribution in [2.75, 3.05) is 7.11 Å². The second-order valence-electron chi connectivity index (χ2n) is 4.21. The summed E-state index contributed by atoms with van der Waals surface area (Å²) in [5, 5.41) is -1.02. The van der Waals surface area contributed by atoms with Crippen LogP contribution in [-0.4, -0.2) is 18.9 Å². The predicted molar refractivity (Wildman–Crippen MR) is 77.5 cm³/mol. The van der Waals surface area contributed by atoms with Crippen molar-refractivity contribution in [3.8, 4) is 11.1 Å². The maximum absolute atomic E-state index is 11.6. The highest BCUT2D eigenvalue weighted by Crippen LogP contribution is 2.25. The fourth-order valence-electron chi connectivity index (χ4n) is 1.83. The minimum Gasteiger partial charge on any atom is -0.463 e. The van der Waals surface area contributed by atoms with Gasteiger partial charge in [-0.2, -0.15) is 0 Å². The van der Waals surface area contributed by atoms with Crippen molar-refractivity contribution in [2.24, 2.45) is 0 Å². The Balaban J connectivity index is 2.20. The third kappa shape index (κ3) is 3.06. The highest BCUT2D eigenvalue weighted by molar-refractivity contribution is 6.47. The second-order valence-corrected chi connectivity index (χ2v) is 4.64. The number of carbonyl (C=O) groups is 2. The van der Waals surface area contributed by atoms with E-state index in [9.17, 15) is 9.59 Å². The Labute approximate surface area is 122 Å². The zero-order valence-electron chi connectivity index (χ0n) is 10.9. The Morgan fingerprint density at radius 1 is 0.950 bits per heavy atom. The summed E-state index contributed by atoms with van der Waals surface area (Å²) in [5.74, 6) is -1.70. The van der Waals surface area contributed by atoms with Crippen LogP contribution in [0.4, 0.5) is 0 Å². The molecule has 0 aromatic heterocycles. The minimum atomic E-state index is -1.02. The summed E-state index contributed by atoms with van der Waals surface area (Å²) in [6, 6.07) is 17.0. The van der Waals surface area contributed by atoms with Crippen molar-refractivity contribution in [1.82, 2.24) is 0 Å². The molecule has 0 spiro atoms. The molecule has 0 aliphatic rings. The van der Waals surface area contributed by atoms with Crippen molar-refractivity contribution >= 4 is 23.4 Å². The van der Waals surface area contributed by atoms with Crippen molar-refractivity contribution < 1.29 is 14.3 Å². The Hall–Kier alpha value is -2.13. The maximum atomic E-state index is 11.6. The molecule has 0 bridgehead atoms. The van der Waals surface area contributed by atoms with Crippen LogP contribution in [-0.2, 0) is 14.3 Å². The highest BCUT2D eigenvalue weighted by atomic mass is 35.5. The van der Waals surface area contributed by atoms with Crippen molar-refractivity contribution in [3.05, 3.63) is 60.2 Å². The number of hydrogen-bond donors (Lipinski definition) is 0. The number of rotatable bonds is 4. The average molecular weight is 289 g/mol. The van der Waals surface area contributed by atoms with E-state index in [0.29, 0.717) is 5.56 Å². The molecule has 2 aromatic carbocycles. The summed E-state index contributed by atoms with van der Waals surface area (Å²) in [6.45, 7) is 0. The Morgan fingerprint density at radius 2 is 1.50 bits per heavy atom. The lowest BCUT2D eigenvalue weighted by molar-refractivity contribution is -0.151. The van der Waals surface area contributed by atoms with E-state index in [-0.39, 0.29) is 0 Å². The summed E-state index contributed by atoms with van der Waals surface area (Å²) < 4.78 is 4.37. The summed E-state index contributed by atoms with van der Waals surface area (Å²) in [4.78, 5) is 22.8. The molecule has 0 saturated carbocycles. The number of ether oxygens (including phenoxy) is 1. The first-order chi connectivity index (χ1) is 9.63. The first kappa shape index (κ1) is 14.3. The van der Waals surface area contributed by atoms with Gasteiger partial charge in [0.2, 0.25) is 0 Å². The molecule has 0 N–H and O–H groups in total. The number of halogens is 1. The second kappa shape index (κ2) is 6.35. The largest absolute Gasteiger partial charge is 0.463 e. The number of benzene rings is 2. The van der Waals surface area contributed by atoms with Gasteiger partial charge in [-0.25, -0.2) is 4.79 Å². The van der Waals surface area contributed by atoms with Crippen LogP contribution in [0, 0.1) is 0 Å². The van der Waals surface area contributed by atoms with Crippen LogP contribution in [0.25, 0.3) is 11.1 Å². The molecule has 20 heavy (non-hydrogen) atoms. The predicted octanol–water partition coefficient (Wildman–Crippen LogP) is 3.38. The summed E-state index contributed by atoms with van der Waals surface area (Å²) in [6.07, 6.45) is 0. The van der Waals surface area contributed by atoms with E-state index < -0.39 is 17.1 Å². The lowest BCUT2D eigenvalue weighted by Crippen LogP contribution is -2.20. The molecule has 1 atom stereocenters. The van der Waals surface area contributed by atoms with Crippen LogP contribution in [0.1, 0.15) is 10.9 Å². The van der Waals surface area contributed by atoms with Crippen molar-refractivity contribution in [3.63, 3.8) is 0 Å². The van der Waals surface area contributed by atoms with E-state index in [2.05, 4.69) is 4.74 Å². The van der Waals surface area contributed by atoms with Crippen LogP contribution >= 0.6 is 11.6 Å². The van der Waals surface area contributed by atoms with E-state index in [1.54, 1.807) is 12.1 Å². The van der Waals surface area contributed by atoms with E-state index in [1.807, 2.05) is 42.5 Å². The number of carbonyl (C=O) groups excluding carboxylic acids is 2. The van der Waals surface area contributed by atoms with Crippen molar-refractivity contribution in [1.29, 1.82) is 0 Å². The molecule has 1 unspecified atom stereocenters. The van der Waals surface area contributed by atoms with Gasteiger partial charge in [-0.15, -0.1) is 11.6 Å². The summed E-state index contributed by atoms with van der Waals surface area (Å²) >= 11 is 5.98. The smallest absolute Gasteiger partial charge is 0.376 e. The van der Waals surface area contributed by atoms with E-state index in [0.717, 1.165) is 18.2 Å². The van der Waals surface area contributed by atoms with Gasteiger partial charge in [-0.3, -0.25) is 4.79 Å². The topological polar surface area (TPSA) is 43.4 Å². The molecule has 2 rings (SSSR count). The fraction of sp³-hybridized carbons (Fsp3) is 0.125. The number of hydrogen-bond acceptors (Lipinski definition) is 3. The summed E-state index contributed by atoms with van der Waals surface area (Å²) in [5.41, 5.74) is 2.66. The molecule has 102 valence electrons. The van der Waals surface area contributed by atoms with Gasteiger partial charge >= 0.3 is 5.97 Å². The monoisotopic (exact) mass is 288 g/mol. The van der Waals surface area contributed by atoms with E-state index >= 15 is 0 Å². The number of alkyl halides is 1. The third-order valence-electron chi connectivity index (χ3n) is 2.93. The number of esters is 1. The maximum Gasteiger partial charge on any atom is 0.376 e. The molecule has 4 heteroatoms. The van der Waals surface area contributed by atoms with Crippen LogP contribution in [0.3, 0.4) is 0 Å². The lowest BCUT2D eigenvalue weighted by Gasteiger charge is -2.08. The quantitative estimate of drug-likeness (QED) is 0.492. The SMILES string of the molecule is COC(=O)C(=O)C(Cl)c1ccc(-c2ccccc2)cc1. The van der Waals surface area contributed by atoms with Crippen LogP contribution in [0.2, 0.25) is 0 Å². The van der Waals surface area contributed by atoms with Crippen LogP contribution < -0.4 is 0 Å². The molecular weight excluding hydrogens is 276 g/mol. The molecule has 0 saturated heterocycles. The van der Waals surface area contributed by atoms with Gasteiger partial charge in [0.25, 0.3) is 5.78 Å². The van der Waals surface area contributed by atoms with Gasteiger partial charge in [0.1, 0.15) is 5.38 Å². The van der Waals surface area contributed by atoms with Gasteiger partial charge in [0.05, 0.1) is 7.11 Å². The molecule has 0 heterocycles. The summed E-state index contributed by atoms with van der Waals surface area (Å²) in [7, 11) is 1.16. The first-order valence-corrected chi connectivity index (χ1v) is 6.48. The minimum absolute atomic E-state index is 0.571. The normalized spacial score (nSPS) is 11.7.